The summed E-state index contributed by atoms with van der Waals surface area (Å²) in [4.78, 5) is 0. The predicted molar refractivity (Wildman–Crippen MR) is 142 cm³/mol. The van der Waals surface area contributed by atoms with Gasteiger partial charge in [0.25, 0.3) is 0 Å². The van der Waals surface area contributed by atoms with Crippen molar-refractivity contribution in [2.45, 2.75) is 91.3 Å². The van der Waals surface area contributed by atoms with Gasteiger partial charge in [-0.15, -0.1) is 0 Å². The normalized spacial score (nSPS) is 18.8. The summed E-state index contributed by atoms with van der Waals surface area (Å²) < 4.78 is 27.2. The van der Waals surface area contributed by atoms with Gasteiger partial charge in [0.2, 0.25) is 5.69 Å². The van der Waals surface area contributed by atoms with Crippen LogP contribution in [0.2, 0.25) is 0 Å². The van der Waals surface area contributed by atoms with Crippen LogP contribution in [0.1, 0.15) is 93.2 Å². The maximum atomic E-state index is 8.33. The van der Waals surface area contributed by atoms with E-state index in [1.165, 1.54) is 16.7 Å². The molecule has 0 saturated heterocycles. The van der Waals surface area contributed by atoms with Gasteiger partial charge in [-0.2, -0.15) is 0 Å². The number of aryl methyl sites for hydroxylation is 3. The van der Waals surface area contributed by atoms with E-state index in [4.69, 9.17) is 4.11 Å². The summed E-state index contributed by atoms with van der Waals surface area (Å²) >= 11 is 0. The lowest BCUT2D eigenvalue weighted by Crippen LogP contribution is -2.33. The maximum Gasteiger partial charge on any atom is 0.212 e. The van der Waals surface area contributed by atoms with Crippen LogP contribution in [0.4, 0.5) is 0 Å². The highest BCUT2D eigenvalue weighted by atomic mass is 14.9. The molecule has 1 heterocycles. The van der Waals surface area contributed by atoms with Crippen LogP contribution in [0.25, 0.3) is 22.4 Å². The summed E-state index contributed by atoms with van der Waals surface area (Å²) in [5.41, 5.74) is 9.57. The van der Waals surface area contributed by atoms with Gasteiger partial charge in [-0.25, -0.2) is 4.57 Å². The number of rotatable bonds is 2. The Balaban J connectivity index is 1.96. The van der Waals surface area contributed by atoms with Crippen molar-refractivity contribution in [3.63, 3.8) is 0 Å². The Morgan fingerprint density at radius 2 is 1.48 bits per heavy atom. The highest BCUT2D eigenvalue weighted by Gasteiger charge is 2.37. The second kappa shape index (κ2) is 7.83. The van der Waals surface area contributed by atoms with Crippen molar-refractivity contribution in [3.05, 3.63) is 76.5 Å². The molecule has 0 radical (unpaired) electrons. The first-order valence-electron chi connectivity index (χ1n) is 13.7. The van der Waals surface area contributed by atoms with Crippen molar-refractivity contribution in [2.24, 2.45) is 7.05 Å². The van der Waals surface area contributed by atoms with Gasteiger partial charge in [0.15, 0.2) is 6.20 Å². The van der Waals surface area contributed by atoms with Crippen LogP contribution in [-0.2, 0) is 23.3 Å². The molecule has 0 spiro atoms. The highest BCUT2D eigenvalue weighted by Crippen LogP contribution is 2.47. The number of pyridine rings is 1. The molecule has 174 valence electrons. The molecule has 1 aromatic heterocycles. The van der Waals surface area contributed by atoms with Gasteiger partial charge in [-0.1, -0.05) is 72.7 Å². The number of nitrogens with zero attached hydrogens (tertiary/aromatic N) is 1. The first-order valence-corrected chi connectivity index (χ1v) is 12.2. The van der Waals surface area contributed by atoms with E-state index in [1.807, 2.05) is 13.0 Å². The minimum absolute atomic E-state index is 0.0593. The van der Waals surface area contributed by atoms with Gasteiger partial charge in [0.1, 0.15) is 7.05 Å². The standard InChI is InChI=1S/C32H42N/c1-21-17-22(2)26(29-14-12-24(20-33(29)10)30(3,4)5)19-25(21)23-11-13-27-28(18-23)32(8,9)16-15-31(27,6)7/h11-14,17-20H,15-16H2,1-10H3/q+1/i1D3. The van der Waals surface area contributed by atoms with Crippen LogP contribution in [0.5, 0.6) is 0 Å². The van der Waals surface area contributed by atoms with E-state index in [2.05, 4.69) is 103 Å². The van der Waals surface area contributed by atoms with Crippen LogP contribution >= 0.6 is 0 Å². The molecule has 1 heteroatoms. The van der Waals surface area contributed by atoms with Crippen LogP contribution in [0.3, 0.4) is 0 Å². The van der Waals surface area contributed by atoms with Gasteiger partial charge < -0.3 is 0 Å². The fourth-order valence-electron chi connectivity index (χ4n) is 5.31. The zero-order valence-corrected chi connectivity index (χ0v) is 22.0. The summed E-state index contributed by atoms with van der Waals surface area (Å²) in [6.45, 7) is 15.7. The first-order chi connectivity index (χ1) is 16.4. The second-order valence-electron chi connectivity index (χ2n) is 12.4. The summed E-state index contributed by atoms with van der Waals surface area (Å²) in [5.74, 6) is 0. The number of aromatic nitrogens is 1. The monoisotopic (exact) mass is 443 g/mol. The van der Waals surface area contributed by atoms with E-state index in [1.54, 1.807) is 0 Å². The molecule has 0 saturated carbocycles. The third-order valence-electron chi connectivity index (χ3n) is 7.80. The fourth-order valence-corrected chi connectivity index (χ4v) is 5.31. The summed E-state index contributed by atoms with van der Waals surface area (Å²) in [6, 6.07) is 15.0. The lowest BCUT2D eigenvalue weighted by atomic mass is 9.63. The fraction of sp³-hybridized carbons (Fsp3) is 0.469. The van der Waals surface area contributed by atoms with Crippen molar-refractivity contribution >= 4 is 0 Å². The van der Waals surface area contributed by atoms with E-state index in [9.17, 15) is 0 Å². The Labute approximate surface area is 206 Å². The van der Waals surface area contributed by atoms with Gasteiger partial charge in [-0.3, -0.25) is 0 Å². The number of benzene rings is 2. The zero-order chi connectivity index (χ0) is 26.8. The Bertz CT molecular complexity index is 1320. The van der Waals surface area contributed by atoms with Crippen LogP contribution in [0, 0.1) is 13.8 Å². The molecule has 1 nitrogen and oxygen atoms in total. The Hall–Kier alpha value is -2.41. The molecule has 3 aromatic rings. The van der Waals surface area contributed by atoms with Gasteiger partial charge in [-0.05, 0) is 88.4 Å². The van der Waals surface area contributed by atoms with Crippen molar-refractivity contribution in [2.75, 3.05) is 0 Å². The number of hydrogen-bond acceptors (Lipinski definition) is 0. The van der Waals surface area contributed by atoms with Crippen molar-refractivity contribution < 1.29 is 8.68 Å². The Morgan fingerprint density at radius 3 is 2.09 bits per heavy atom. The lowest BCUT2D eigenvalue weighted by molar-refractivity contribution is -0.661. The highest BCUT2D eigenvalue weighted by molar-refractivity contribution is 5.76. The first kappa shape index (κ1) is 20.0. The molecule has 0 amide bonds. The van der Waals surface area contributed by atoms with Crippen molar-refractivity contribution in [3.8, 4) is 22.4 Å². The second-order valence-corrected chi connectivity index (χ2v) is 12.4. The minimum atomic E-state index is -2.19. The van der Waals surface area contributed by atoms with Crippen LogP contribution in [0.15, 0.2) is 48.7 Å². The Kier molecular flexibility index (Phi) is 4.74. The molecule has 4 rings (SSSR count). The van der Waals surface area contributed by atoms with Crippen molar-refractivity contribution in [1.82, 2.24) is 0 Å². The Morgan fingerprint density at radius 1 is 0.818 bits per heavy atom. The topological polar surface area (TPSA) is 3.88 Å². The van der Waals surface area contributed by atoms with Gasteiger partial charge in [0, 0.05) is 21.3 Å². The van der Waals surface area contributed by atoms with E-state index in [0.29, 0.717) is 5.56 Å². The number of fused-ring (bicyclic) bond motifs is 1. The molecule has 1 aliphatic rings. The summed E-state index contributed by atoms with van der Waals surface area (Å²) in [6.07, 6.45) is 4.47. The molecule has 2 aromatic carbocycles. The van der Waals surface area contributed by atoms with Gasteiger partial charge >= 0.3 is 0 Å². The molecule has 33 heavy (non-hydrogen) atoms. The molecule has 0 fully saturated rings. The summed E-state index contributed by atoms with van der Waals surface area (Å²) in [7, 11) is 2.07. The van der Waals surface area contributed by atoms with E-state index in [-0.39, 0.29) is 16.2 Å². The third kappa shape index (κ3) is 4.27. The van der Waals surface area contributed by atoms with E-state index in [0.717, 1.165) is 40.8 Å². The molecule has 0 aliphatic heterocycles. The van der Waals surface area contributed by atoms with Crippen LogP contribution < -0.4 is 4.57 Å². The average Bonchev–Trinajstić information content (AvgIpc) is 2.75. The molecular weight excluding hydrogens is 398 g/mol. The average molecular weight is 444 g/mol. The molecular formula is C32H42N+. The van der Waals surface area contributed by atoms with E-state index < -0.39 is 6.85 Å². The molecule has 0 N–H and O–H groups in total. The third-order valence-corrected chi connectivity index (χ3v) is 7.80. The largest absolute Gasteiger partial charge is 0.212 e. The van der Waals surface area contributed by atoms with Crippen molar-refractivity contribution in [1.29, 1.82) is 0 Å². The van der Waals surface area contributed by atoms with Gasteiger partial charge in [0.05, 0.1) is 0 Å². The van der Waals surface area contributed by atoms with E-state index >= 15 is 0 Å². The molecule has 0 atom stereocenters. The quantitative estimate of drug-likeness (QED) is 0.352. The minimum Gasteiger partial charge on any atom is -0.201 e. The summed E-state index contributed by atoms with van der Waals surface area (Å²) in [5, 5.41) is 0. The smallest absolute Gasteiger partial charge is 0.201 e. The molecule has 0 unspecified atom stereocenters. The molecule has 0 bridgehead atoms. The number of hydrogen-bond donors (Lipinski definition) is 0. The zero-order valence-electron chi connectivity index (χ0n) is 25.0. The molecule has 1 aliphatic carbocycles. The maximum absolute atomic E-state index is 8.33. The predicted octanol–water partition coefficient (Wildman–Crippen LogP) is 8.11. The van der Waals surface area contributed by atoms with Crippen LogP contribution in [-0.4, -0.2) is 0 Å². The SMILES string of the molecule is [2H]C([2H])([2H])c1cc(C)c(-c2ccc(C(C)(C)C)c[n+]2C)cc1-c1ccc2c(c1)C(C)(C)CCC2(C)C. The lowest BCUT2D eigenvalue weighted by Gasteiger charge is -2.42.